The number of alkyl halides is 3. The second kappa shape index (κ2) is 10.6. The summed E-state index contributed by atoms with van der Waals surface area (Å²) in [5.74, 6) is -4.34. The molecule has 3 rings (SSSR count). The molecule has 0 spiro atoms. The number of guanidine groups is 1. The zero-order valence-electron chi connectivity index (χ0n) is 18.5. The summed E-state index contributed by atoms with van der Waals surface area (Å²) in [6.45, 7) is 0.216. The first kappa shape index (κ1) is 26.3. The summed E-state index contributed by atoms with van der Waals surface area (Å²) < 4.78 is 44.0. The van der Waals surface area contributed by atoms with Crippen LogP contribution >= 0.6 is 11.3 Å². The fourth-order valence-electron chi connectivity index (χ4n) is 3.84. The van der Waals surface area contributed by atoms with Crippen LogP contribution < -0.4 is 22.1 Å². The Morgan fingerprint density at radius 2 is 2.03 bits per heavy atom. The van der Waals surface area contributed by atoms with E-state index in [0.717, 1.165) is 16.0 Å². The number of rotatable bonds is 9. The van der Waals surface area contributed by atoms with E-state index in [1.165, 1.54) is 0 Å². The highest BCUT2D eigenvalue weighted by molar-refractivity contribution is 7.20. The number of ketones is 1. The van der Waals surface area contributed by atoms with Crippen LogP contribution in [0, 0.1) is 5.41 Å². The molecule has 0 aliphatic heterocycles. The van der Waals surface area contributed by atoms with Gasteiger partial charge in [0.05, 0.1) is 16.3 Å². The third-order valence-electron chi connectivity index (χ3n) is 5.56. The first-order chi connectivity index (χ1) is 16.4. The Balaban J connectivity index is 1.83. The molecule has 35 heavy (non-hydrogen) atoms. The SMILES string of the molecule is N=C(N)NCCCC(NC(=O)[C@]1(OC(=O)C(F)(F)F)CC[C@@H](N)C1)C(=O)c1nc2ccccc2s1. The Labute approximate surface area is 202 Å². The molecule has 10 nitrogen and oxygen atoms in total. The van der Waals surface area contributed by atoms with Crippen molar-refractivity contribution >= 4 is 45.2 Å². The number of nitrogens with zero attached hydrogens (tertiary/aromatic N) is 1. The first-order valence-corrected chi connectivity index (χ1v) is 11.6. The van der Waals surface area contributed by atoms with E-state index in [-0.39, 0.29) is 49.6 Å². The van der Waals surface area contributed by atoms with E-state index in [4.69, 9.17) is 16.9 Å². The van der Waals surface area contributed by atoms with Crippen LogP contribution in [0.15, 0.2) is 24.3 Å². The maximum atomic E-state index is 13.3. The Morgan fingerprint density at radius 3 is 2.63 bits per heavy atom. The molecule has 1 aromatic heterocycles. The van der Waals surface area contributed by atoms with Gasteiger partial charge in [0, 0.05) is 19.0 Å². The highest BCUT2D eigenvalue weighted by atomic mass is 32.1. The fraction of sp³-hybridized carbons (Fsp3) is 0.476. The van der Waals surface area contributed by atoms with Gasteiger partial charge in [-0.3, -0.25) is 15.0 Å². The minimum absolute atomic E-state index is 0.0656. The molecule has 14 heteroatoms. The number of hydrogen-bond acceptors (Lipinski definition) is 8. The Morgan fingerprint density at radius 1 is 1.31 bits per heavy atom. The molecule has 1 heterocycles. The molecule has 0 saturated heterocycles. The number of Topliss-reactive ketones (excluding diaryl/α,β-unsaturated/α-hetero) is 1. The molecule has 190 valence electrons. The summed E-state index contributed by atoms with van der Waals surface area (Å²) in [6, 6.07) is 5.21. The van der Waals surface area contributed by atoms with Crippen LogP contribution in [0.3, 0.4) is 0 Å². The third kappa shape index (κ3) is 6.45. The van der Waals surface area contributed by atoms with Gasteiger partial charge in [-0.1, -0.05) is 12.1 Å². The monoisotopic (exact) mass is 514 g/mol. The molecule has 3 atom stereocenters. The smallest absolute Gasteiger partial charge is 0.442 e. The van der Waals surface area contributed by atoms with Crippen molar-refractivity contribution in [1.82, 2.24) is 15.6 Å². The van der Waals surface area contributed by atoms with Crippen LogP contribution in [-0.2, 0) is 14.3 Å². The summed E-state index contributed by atoms with van der Waals surface area (Å²) in [5, 5.41) is 12.4. The molecule has 1 aromatic carbocycles. The Bertz CT molecular complexity index is 1090. The number of benzene rings is 1. The average Bonchev–Trinajstić information content (AvgIpc) is 3.38. The summed E-state index contributed by atoms with van der Waals surface area (Å²) in [6.07, 6.45) is -5.30. The molecule has 0 radical (unpaired) electrons. The van der Waals surface area contributed by atoms with E-state index >= 15 is 0 Å². The van der Waals surface area contributed by atoms with E-state index in [2.05, 4.69) is 20.4 Å². The van der Waals surface area contributed by atoms with E-state index < -0.39 is 41.5 Å². The minimum Gasteiger partial charge on any atom is -0.442 e. The maximum Gasteiger partial charge on any atom is 0.490 e. The van der Waals surface area contributed by atoms with E-state index in [0.29, 0.717) is 5.52 Å². The summed E-state index contributed by atoms with van der Waals surface area (Å²) >= 11 is 1.11. The number of hydrogen-bond donors (Lipinski definition) is 5. The van der Waals surface area contributed by atoms with Gasteiger partial charge in [-0.15, -0.1) is 11.3 Å². The fourth-order valence-corrected chi connectivity index (χ4v) is 4.80. The summed E-state index contributed by atoms with van der Waals surface area (Å²) in [5.41, 5.74) is 9.51. The quantitative estimate of drug-likeness (QED) is 0.110. The number of nitrogens with one attached hydrogen (secondary N) is 3. The number of esters is 1. The van der Waals surface area contributed by atoms with Crippen molar-refractivity contribution in [1.29, 1.82) is 5.41 Å². The van der Waals surface area contributed by atoms with Gasteiger partial charge in [-0.05, 0) is 37.8 Å². The van der Waals surface area contributed by atoms with Gasteiger partial charge >= 0.3 is 12.1 Å². The molecule has 7 N–H and O–H groups in total. The predicted octanol–water partition coefficient (Wildman–Crippen LogP) is 1.58. The normalized spacial score (nSPS) is 20.9. The number of carbonyl (C=O) groups is 3. The van der Waals surface area contributed by atoms with Gasteiger partial charge in [0.25, 0.3) is 5.91 Å². The number of carbonyl (C=O) groups excluding carboxylic acids is 3. The zero-order chi connectivity index (χ0) is 25.8. The number of halogens is 3. The van der Waals surface area contributed by atoms with Crippen molar-refractivity contribution in [2.75, 3.05) is 6.54 Å². The standard InChI is InChI=1S/C21H25F3N6O4S/c22-21(23,24)18(33)34-20(8-7-11(25)10-20)17(32)30-13(5-3-9-28-19(26)27)15(31)16-29-12-4-1-2-6-14(12)35-16/h1-2,4,6,11,13H,3,5,7-10,25H2,(H,30,32)(H4,26,27,28)/t11-,13?,20+/m1/s1. The van der Waals surface area contributed by atoms with Crippen LogP contribution in [0.5, 0.6) is 0 Å². The lowest BCUT2D eigenvalue weighted by molar-refractivity contribution is -0.214. The van der Waals surface area contributed by atoms with Gasteiger partial charge < -0.3 is 26.8 Å². The van der Waals surface area contributed by atoms with Crippen LogP contribution in [0.2, 0.25) is 0 Å². The van der Waals surface area contributed by atoms with Gasteiger partial charge in [0.15, 0.2) is 16.6 Å². The molecule has 1 saturated carbocycles. The minimum atomic E-state index is -5.30. The molecule has 1 aliphatic rings. The van der Waals surface area contributed by atoms with E-state index in [1.807, 2.05) is 0 Å². The van der Waals surface area contributed by atoms with E-state index in [1.54, 1.807) is 24.3 Å². The highest BCUT2D eigenvalue weighted by Gasteiger charge is 2.53. The van der Waals surface area contributed by atoms with Gasteiger partial charge in [-0.25, -0.2) is 9.78 Å². The lowest BCUT2D eigenvalue weighted by Gasteiger charge is -2.30. The predicted molar refractivity (Wildman–Crippen MR) is 122 cm³/mol. The molecule has 1 fully saturated rings. The number of thiazole rings is 1. The second-order valence-electron chi connectivity index (χ2n) is 8.24. The molecular formula is C21H25F3N6O4S. The van der Waals surface area contributed by atoms with Gasteiger partial charge in [-0.2, -0.15) is 13.2 Å². The van der Waals surface area contributed by atoms with E-state index in [9.17, 15) is 27.6 Å². The van der Waals surface area contributed by atoms with Crippen LogP contribution in [0.1, 0.15) is 41.9 Å². The number of fused-ring (bicyclic) bond motifs is 1. The Hall–Kier alpha value is -3.26. The van der Waals surface area contributed by atoms with Crippen LogP contribution in [0.25, 0.3) is 10.2 Å². The van der Waals surface area contributed by atoms with Crippen molar-refractivity contribution in [2.45, 2.75) is 56.0 Å². The van der Waals surface area contributed by atoms with Crippen molar-refractivity contribution in [3.05, 3.63) is 29.3 Å². The van der Waals surface area contributed by atoms with Crippen molar-refractivity contribution in [2.24, 2.45) is 11.5 Å². The summed E-state index contributed by atoms with van der Waals surface area (Å²) in [4.78, 5) is 42.3. The first-order valence-electron chi connectivity index (χ1n) is 10.8. The lowest BCUT2D eigenvalue weighted by atomic mass is 9.98. The molecule has 2 aromatic rings. The number of para-hydroxylation sites is 1. The zero-order valence-corrected chi connectivity index (χ0v) is 19.3. The van der Waals surface area contributed by atoms with Crippen LogP contribution in [0.4, 0.5) is 13.2 Å². The molecule has 1 amide bonds. The number of aromatic nitrogens is 1. The van der Waals surface area contributed by atoms with Gasteiger partial charge in [0.2, 0.25) is 5.78 Å². The van der Waals surface area contributed by atoms with Crippen molar-refractivity contribution < 1.29 is 32.3 Å². The van der Waals surface area contributed by atoms with Gasteiger partial charge in [0.1, 0.15) is 0 Å². The molecule has 1 aliphatic carbocycles. The largest absolute Gasteiger partial charge is 0.490 e. The average molecular weight is 515 g/mol. The Kier molecular flexibility index (Phi) is 7.95. The highest BCUT2D eigenvalue weighted by Crippen LogP contribution is 2.35. The van der Waals surface area contributed by atoms with Crippen LogP contribution in [-0.4, -0.2) is 59.0 Å². The molecular weight excluding hydrogens is 489 g/mol. The number of nitrogens with two attached hydrogens (primary N) is 2. The second-order valence-corrected chi connectivity index (χ2v) is 9.27. The lowest BCUT2D eigenvalue weighted by Crippen LogP contribution is -2.55. The van der Waals surface area contributed by atoms with Crippen molar-refractivity contribution in [3.63, 3.8) is 0 Å². The number of ether oxygens (including phenoxy) is 1. The topological polar surface area (TPSA) is 173 Å². The molecule has 0 bridgehead atoms. The number of amides is 1. The summed E-state index contributed by atoms with van der Waals surface area (Å²) in [7, 11) is 0. The third-order valence-corrected chi connectivity index (χ3v) is 6.61. The maximum absolute atomic E-state index is 13.3. The van der Waals surface area contributed by atoms with Crippen molar-refractivity contribution in [3.8, 4) is 0 Å². The molecule has 1 unspecified atom stereocenters.